The van der Waals surface area contributed by atoms with Crippen LogP contribution in [0.4, 0.5) is 0 Å². The van der Waals surface area contributed by atoms with Crippen molar-refractivity contribution in [1.82, 2.24) is 9.80 Å². The number of benzene rings is 1. The lowest BCUT2D eigenvalue weighted by molar-refractivity contribution is 0.0359. The number of hydrogen-bond acceptors (Lipinski definition) is 5. The van der Waals surface area contributed by atoms with Crippen molar-refractivity contribution in [2.45, 2.75) is 19.4 Å². The van der Waals surface area contributed by atoms with Gasteiger partial charge < -0.3 is 14.2 Å². The number of ether oxygens (including phenoxy) is 3. The fraction of sp³-hybridized carbons (Fsp3) is 0.667. The van der Waals surface area contributed by atoms with Gasteiger partial charge in [0.05, 0.1) is 13.2 Å². The largest absolute Gasteiger partial charge is 0.486 e. The van der Waals surface area contributed by atoms with E-state index < -0.39 is 0 Å². The van der Waals surface area contributed by atoms with Crippen LogP contribution in [0.5, 0.6) is 11.5 Å². The highest BCUT2D eigenvalue weighted by atomic mass is 16.6. The zero-order valence-corrected chi connectivity index (χ0v) is 13.8. The van der Waals surface area contributed by atoms with Gasteiger partial charge in [-0.1, -0.05) is 0 Å². The Balaban J connectivity index is 1.31. The summed E-state index contributed by atoms with van der Waals surface area (Å²) < 4.78 is 16.8. The predicted molar refractivity (Wildman–Crippen MR) is 88.3 cm³/mol. The van der Waals surface area contributed by atoms with Gasteiger partial charge in [-0.05, 0) is 49.2 Å². The van der Waals surface area contributed by atoms with Gasteiger partial charge in [-0.15, -0.1) is 0 Å². The molecule has 1 aromatic carbocycles. The highest BCUT2D eigenvalue weighted by molar-refractivity contribution is 5.48. The third kappa shape index (κ3) is 3.62. The molecule has 5 nitrogen and oxygen atoms in total. The normalized spacial score (nSPS) is 21.9. The molecule has 0 unspecified atom stereocenters. The second-order valence-corrected chi connectivity index (χ2v) is 6.60. The van der Waals surface area contributed by atoms with Crippen molar-refractivity contribution in [1.29, 1.82) is 0 Å². The maximum Gasteiger partial charge on any atom is 0.161 e. The molecule has 4 rings (SSSR count). The quantitative estimate of drug-likeness (QED) is 0.841. The summed E-state index contributed by atoms with van der Waals surface area (Å²) >= 11 is 0. The molecule has 1 aromatic rings. The Morgan fingerprint density at radius 1 is 0.783 bits per heavy atom. The van der Waals surface area contributed by atoms with Crippen LogP contribution in [-0.4, -0.2) is 69.0 Å². The van der Waals surface area contributed by atoms with Gasteiger partial charge in [0.25, 0.3) is 0 Å². The molecule has 0 saturated carbocycles. The summed E-state index contributed by atoms with van der Waals surface area (Å²) in [7, 11) is 0. The van der Waals surface area contributed by atoms with Crippen LogP contribution in [0.1, 0.15) is 17.5 Å². The number of fused-ring (bicyclic) bond motifs is 2. The molecule has 0 atom stereocenters. The second-order valence-electron chi connectivity index (χ2n) is 6.60. The Kier molecular flexibility index (Phi) is 4.69. The van der Waals surface area contributed by atoms with E-state index in [2.05, 4.69) is 21.9 Å². The van der Waals surface area contributed by atoms with Gasteiger partial charge >= 0.3 is 0 Å². The molecule has 0 radical (unpaired) electrons. The molecule has 1 saturated heterocycles. The van der Waals surface area contributed by atoms with E-state index in [1.54, 1.807) is 0 Å². The summed E-state index contributed by atoms with van der Waals surface area (Å²) in [6, 6.07) is 4.38. The van der Waals surface area contributed by atoms with Gasteiger partial charge in [0.2, 0.25) is 0 Å². The maximum atomic E-state index is 5.72. The van der Waals surface area contributed by atoms with Gasteiger partial charge in [-0.3, -0.25) is 9.80 Å². The number of morpholine rings is 1. The van der Waals surface area contributed by atoms with Gasteiger partial charge in [0.15, 0.2) is 11.5 Å². The molecular formula is C18H26N2O3. The van der Waals surface area contributed by atoms with Crippen LogP contribution in [0, 0.1) is 0 Å². The lowest BCUT2D eigenvalue weighted by atomic mass is 9.98. The Morgan fingerprint density at radius 3 is 2.26 bits per heavy atom. The van der Waals surface area contributed by atoms with Crippen molar-refractivity contribution in [2.24, 2.45) is 0 Å². The number of nitrogens with zero attached hydrogens (tertiary/aromatic N) is 2. The first-order valence-corrected chi connectivity index (χ1v) is 8.82. The van der Waals surface area contributed by atoms with E-state index in [1.807, 2.05) is 0 Å². The van der Waals surface area contributed by atoms with E-state index in [0.717, 1.165) is 57.3 Å². The molecule has 126 valence electrons. The Hall–Kier alpha value is -1.30. The van der Waals surface area contributed by atoms with Crippen molar-refractivity contribution in [3.8, 4) is 11.5 Å². The Morgan fingerprint density at radius 2 is 1.48 bits per heavy atom. The van der Waals surface area contributed by atoms with Crippen molar-refractivity contribution < 1.29 is 14.2 Å². The molecule has 3 aliphatic rings. The standard InChI is InChI=1S/C18H26N2O3/c1(3-19-6-8-21-9-7-19)4-20-5-2-15-12-17-18(13-16(15)14-20)23-11-10-22-17/h12-13H,1-11,14H2. The monoisotopic (exact) mass is 318 g/mol. The summed E-state index contributed by atoms with van der Waals surface area (Å²) in [4.78, 5) is 5.09. The molecule has 3 aliphatic heterocycles. The minimum absolute atomic E-state index is 0.662. The summed E-state index contributed by atoms with van der Waals surface area (Å²) in [6.07, 6.45) is 2.35. The van der Waals surface area contributed by atoms with Crippen molar-refractivity contribution >= 4 is 0 Å². The molecule has 0 aliphatic carbocycles. The van der Waals surface area contributed by atoms with Crippen molar-refractivity contribution in [3.63, 3.8) is 0 Å². The van der Waals surface area contributed by atoms with Gasteiger partial charge in [-0.25, -0.2) is 0 Å². The molecule has 5 heteroatoms. The molecule has 1 fully saturated rings. The highest BCUT2D eigenvalue weighted by Crippen LogP contribution is 2.35. The minimum atomic E-state index is 0.662. The summed E-state index contributed by atoms with van der Waals surface area (Å²) in [5, 5.41) is 0. The van der Waals surface area contributed by atoms with Crippen molar-refractivity contribution in [3.05, 3.63) is 23.3 Å². The third-order valence-corrected chi connectivity index (χ3v) is 5.01. The zero-order valence-electron chi connectivity index (χ0n) is 13.8. The maximum absolute atomic E-state index is 5.72. The van der Waals surface area contributed by atoms with E-state index in [1.165, 1.54) is 30.6 Å². The smallest absolute Gasteiger partial charge is 0.161 e. The minimum Gasteiger partial charge on any atom is -0.486 e. The molecule has 0 spiro atoms. The fourth-order valence-corrected chi connectivity index (χ4v) is 3.68. The average molecular weight is 318 g/mol. The van der Waals surface area contributed by atoms with Crippen LogP contribution in [0.25, 0.3) is 0 Å². The van der Waals surface area contributed by atoms with E-state index in [-0.39, 0.29) is 0 Å². The van der Waals surface area contributed by atoms with E-state index in [9.17, 15) is 0 Å². The number of hydrogen-bond donors (Lipinski definition) is 0. The van der Waals surface area contributed by atoms with Gasteiger partial charge in [-0.2, -0.15) is 0 Å². The lowest BCUT2D eigenvalue weighted by Gasteiger charge is -2.32. The summed E-state index contributed by atoms with van der Waals surface area (Å²) in [6.45, 7) is 9.84. The molecule has 0 N–H and O–H groups in total. The number of rotatable bonds is 4. The van der Waals surface area contributed by atoms with E-state index in [4.69, 9.17) is 14.2 Å². The topological polar surface area (TPSA) is 34.2 Å². The van der Waals surface area contributed by atoms with Crippen molar-refractivity contribution in [2.75, 3.05) is 59.2 Å². The van der Waals surface area contributed by atoms with E-state index >= 15 is 0 Å². The molecular weight excluding hydrogens is 292 g/mol. The highest BCUT2D eigenvalue weighted by Gasteiger charge is 2.21. The van der Waals surface area contributed by atoms with Crippen LogP contribution in [0.15, 0.2) is 12.1 Å². The van der Waals surface area contributed by atoms with Crippen LogP contribution in [0.2, 0.25) is 0 Å². The SMILES string of the molecule is c1c2c(cc3c1OCCO3)CN(CCCN1CCOCC1)CC2. The molecule has 23 heavy (non-hydrogen) atoms. The first kappa shape index (κ1) is 15.2. The predicted octanol–water partition coefficient (Wildman–Crippen LogP) is 1.54. The first-order valence-electron chi connectivity index (χ1n) is 8.82. The molecule has 0 bridgehead atoms. The van der Waals surface area contributed by atoms with Crippen LogP contribution >= 0.6 is 0 Å². The third-order valence-electron chi connectivity index (χ3n) is 5.01. The van der Waals surface area contributed by atoms with Crippen LogP contribution < -0.4 is 9.47 Å². The first-order chi connectivity index (χ1) is 11.4. The summed E-state index contributed by atoms with van der Waals surface area (Å²) in [5.41, 5.74) is 2.84. The Bertz CT molecular complexity index is 543. The molecule has 0 amide bonds. The average Bonchev–Trinajstić information content (AvgIpc) is 2.61. The second kappa shape index (κ2) is 7.07. The van der Waals surface area contributed by atoms with Gasteiger partial charge in [0, 0.05) is 26.2 Å². The van der Waals surface area contributed by atoms with Crippen LogP contribution in [0.3, 0.4) is 0 Å². The lowest BCUT2D eigenvalue weighted by Crippen LogP contribution is -2.38. The molecule has 0 aromatic heterocycles. The fourth-order valence-electron chi connectivity index (χ4n) is 3.68. The summed E-state index contributed by atoms with van der Waals surface area (Å²) in [5.74, 6) is 1.85. The van der Waals surface area contributed by atoms with E-state index in [0.29, 0.717) is 13.2 Å². The Labute approximate surface area is 138 Å². The molecule has 3 heterocycles. The van der Waals surface area contributed by atoms with Crippen LogP contribution in [-0.2, 0) is 17.7 Å². The zero-order chi connectivity index (χ0) is 15.5. The van der Waals surface area contributed by atoms with Gasteiger partial charge in [0.1, 0.15) is 13.2 Å².